The van der Waals surface area contributed by atoms with Gasteiger partial charge >= 0.3 is 0 Å². The topological polar surface area (TPSA) is 23.8 Å². The lowest BCUT2D eigenvalue weighted by molar-refractivity contribution is 1.12. The lowest BCUT2D eigenvalue weighted by atomic mass is 9.95. The summed E-state index contributed by atoms with van der Waals surface area (Å²) in [4.78, 5) is 0. The maximum absolute atomic E-state index is 8.90. The molecule has 1 heteroatoms. The molecule has 66 valence electrons. The van der Waals surface area contributed by atoms with Crippen LogP contribution in [0.2, 0.25) is 0 Å². The van der Waals surface area contributed by atoms with Crippen molar-refractivity contribution in [2.24, 2.45) is 0 Å². The normalized spacial score (nSPS) is 9.31. The van der Waals surface area contributed by atoms with Gasteiger partial charge in [-0.2, -0.15) is 5.26 Å². The van der Waals surface area contributed by atoms with E-state index in [1.165, 1.54) is 5.56 Å². The van der Waals surface area contributed by atoms with E-state index in [1.807, 2.05) is 25.1 Å². The molecule has 0 saturated carbocycles. The molecule has 0 atom stereocenters. The Labute approximate surface area is 79.3 Å². The van der Waals surface area contributed by atoms with Crippen LogP contribution in [0.4, 0.5) is 0 Å². The molecule has 0 amide bonds. The molecular weight excluding hydrogens is 158 g/mol. The standard InChI is InChI=1S/C12H13N/c1-4-10-6-5-7-11(8-13)12(10)9(2)3/h5-7H,2,4H2,1,3H3. The van der Waals surface area contributed by atoms with E-state index in [2.05, 4.69) is 19.6 Å². The van der Waals surface area contributed by atoms with E-state index in [0.717, 1.165) is 23.1 Å². The summed E-state index contributed by atoms with van der Waals surface area (Å²) in [5, 5.41) is 8.90. The Bertz CT molecular complexity index is 369. The second-order valence-electron chi connectivity index (χ2n) is 3.09. The van der Waals surface area contributed by atoms with E-state index in [-0.39, 0.29) is 0 Å². The summed E-state index contributed by atoms with van der Waals surface area (Å²) in [5.41, 5.74) is 3.92. The van der Waals surface area contributed by atoms with Gasteiger partial charge in [0.15, 0.2) is 0 Å². The van der Waals surface area contributed by atoms with Gasteiger partial charge in [0.05, 0.1) is 11.6 Å². The number of rotatable bonds is 2. The van der Waals surface area contributed by atoms with Gasteiger partial charge < -0.3 is 0 Å². The predicted molar refractivity (Wildman–Crippen MR) is 55.2 cm³/mol. The highest BCUT2D eigenvalue weighted by Gasteiger charge is 2.06. The predicted octanol–water partition coefficient (Wildman–Crippen LogP) is 3.15. The molecule has 1 nitrogen and oxygen atoms in total. The summed E-state index contributed by atoms with van der Waals surface area (Å²) in [6.07, 6.45) is 0.942. The van der Waals surface area contributed by atoms with Crippen molar-refractivity contribution < 1.29 is 0 Å². The van der Waals surface area contributed by atoms with E-state index in [1.54, 1.807) is 0 Å². The first-order valence-electron chi connectivity index (χ1n) is 4.38. The highest BCUT2D eigenvalue weighted by Crippen LogP contribution is 2.21. The molecule has 0 heterocycles. The summed E-state index contributed by atoms with van der Waals surface area (Å²) in [6.45, 7) is 7.92. The fraction of sp³-hybridized carbons (Fsp3) is 0.250. The van der Waals surface area contributed by atoms with Gasteiger partial charge in [0.1, 0.15) is 0 Å². The minimum absolute atomic E-state index is 0.729. The van der Waals surface area contributed by atoms with Gasteiger partial charge in [0, 0.05) is 0 Å². The fourth-order valence-electron chi connectivity index (χ4n) is 1.49. The van der Waals surface area contributed by atoms with Crippen LogP contribution in [0.1, 0.15) is 30.5 Å². The van der Waals surface area contributed by atoms with Crippen molar-refractivity contribution in [2.75, 3.05) is 0 Å². The first-order chi connectivity index (χ1) is 6.20. The van der Waals surface area contributed by atoms with E-state index in [4.69, 9.17) is 5.26 Å². The molecule has 0 aliphatic rings. The van der Waals surface area contributed by atoms with Crippen molar-refractivity contribution in [1.29, 1.82) is 5.26 Å². The van der Waals surface area contributed by atoms with Gasteiger partial charge in [0.25, 0.3) is 0 Å². The number of aryl methyl sites for hydroxylation is 1. The lowest BCUT2D eigenvalue weighted by Crippen LogP contribution is -1.93. The third kappa shape index (κ3) is 1.78. The molecule has 1 rings (SSSR count). The van der Waals surface area contributed by atoms with Gasteiger partial charge in [-0.1, -0.05) is 25.6 Å². The average molecular weight is 171 g/mol. The highest BCUT2D eigenvalue weighted by atomic mass is 14.2. The summed E-state index contributed by atoms with van der Waals surface area (Å²) >= 11 is 0. The molecule has 0 bridgehead atoms. The Hall–Kier alpha value is -1.55. The van der Waals surface area contributed by atoms with Crippen molar-refractivity contribution >= 4 is 5.57 Å². The van der Waals surface area contributed by atoms with Crippen LogP contribution in [0.3, 0.4) is 0 Å². The van der Waals surface area contributed by atoms with E-state index in [9.17, 15) is 0 Å². The molecular formula is C12H13N. The SMILES string of the molecule is C=C(C)c1c(C#N)cccc1CC. The Morgan fingerprint density at radius 3 is 2.69 bits per heavy atom. The number of hydrogen-bond donors (Lipinski definition) is 0. The molecule has 0 fully saturated rings. The first-order valence-corrected chi connectivity index (χ1v) is 4.38. The average Bonchev–Trinajstić information content (AvgIpc) is 2.16. The Balaban J connectivity index is 3.41. The molecule has 13 heavy (non-hydrogen) atoms. The Morgan fingerprint density at radius 2 is 2.23 bits per heavy atom. The van der Waals surface area contributed by atoms with Gasteiger partial charge in [-0.3, -0.25) is 0 Å². The minimum Gasteiger partial charge on any atom is -0.192 e. The summed E-state index contributed by atoms with van der Waals surface area (Å²) in [5.74, 6) is 0. The van der Waals surface area contributed by atoms with Crippen LogP contribution in [0.15, 0.2) is 24.8 Å². The summed E-state index contributed by atoms with van der Waals surface area (Å²) < 4.78 is 0. The van der Waals surface area contributed by atoms with Crippen molar-refractivity contribution in [3.8, 4) is 6.07 Å². The third-order valence-electron chi connectivity index (χ3n) is 2.08. The second kappa shape index (κ2) is 3.91. The number of nitrogens with zero attached hydrogens (tertiary/aromatic N) is 1. The van der Waals surface area contributed by atoms with Crippen LogP contribution in [0.5, 0.6) is 0 Å². The lowest BCUT2D eigenvalue weighted by Gasteiger charge is -2.08. The first kappa shape index (κ1) is 9.54. The van der Waals surface area contributed by atoms with Crippen LogP contribution in [0.25, 0.3) is 5.57 Å². The van der Waals surface area contributed by atoms with E-state index in [0.29, 0.717) is 0 Å². The van der Waals surface area contributed by atoms with E-state index < -0.39 is 0 Å². The molecule has 0 unspecified atom stereocenters. The molecule has 0 saturated heterocycles. The molecule has 0 radical (unpaired) electrons. The third-order valence-corrected chi connectivity index (χ3v) is 2.08. The second-order valence-corrected chi connectivity index (χ2v) is 3.09. The van der Waals surface area contributed by atoms with Crippen LogP contribution < -0.4 is 0 Å². The van der Waals surface area contributed by atoms with Crippen molar-refractivity contribution in [3.05, 3.63) is 41.5 Å². The van der Waals surface area contributed by atoms with Crippen molar-refractivity contribution in [2.45, 2.75) is 20.3 Å². The Kier molecular flexibility index (Phi) is 2.87. The molecule has 0 aromatic heterocycles. The smallest absolute Gasteiger partial charge is 0.0998 e. The molecule has 1 aromatic rings. The zero-order valence-corrected chi connectivity index (χ0v) is 8.09. The number of nitriles is 1. The van der Waals surface area contributed by atoms with Crippen LogP contribution in [0, 0.1) is 11.3 Å². The molecule has 0 aliphatic heterocycles. The molecule has 1 aromatic carbocycles. The van der Waals surface area contributed by atoms with Crippen LogP contribution in [-0.2, 0) is 6.42 Å². The number of benzene rings is 1. The number of hydrogen-bond acceptors (Lipinski definition) is 1. The van der Waals surface area contributed by atoms with Gasteiger partial charge in [-0.25, -0.2) is 0 Å². The summed E-state index contributed by atoms with van der Waals surface area (Å²) in [7, 11) is 0. The molecule has 0 N–H and O–H groups in total. The zero-order chi connectivity index (χ0) is 9.84. The molecule has 0 spiro atoms. The number of allylic oxidation sites excluding steroid dienone is 1. The van der Waals surface area contributed by atoms with E-state index >= 15 is 0 Å². The van der Waals surface area contributed by atoms with Crippen LogP contribution in [-0.4, -0.2) is 0 Å². The van der Waals surface area contributed by atoms with Crippen LogP contribution >= 0.6 is 0 Å². The highest BCUT2D eigenvalue weighted by molar-refractivity contribution is 5.70. The van der Waals surface area contributed by atoms with Crippen molar-refractivity contribution in [3.63, 3.8) is 0 Å². The monoisotopic (exact) mass is 171 g/mol. The maximum atomic E-state index is 8.90. The van der Waals surface area contributed by atoms with Crippen molar-refractivity contribution in [1.82, 2.24) is 0 Å². The largest absolute Gasteiger partial charge is 0.192 e. The van der Waals surface area contributed by atoms with Gasteiger partial charge in [-0.05, 0) is 36.1 Å². The van der Waals surface area contributed by atoms with Gasteiger partial charge in [-0.15, -0.1) is 0 Å². The van der Waals surface area contributed by atoms with Gasteiger partial charge in [0.2, 0.25) is 0 Å². The minimum atomic E-state index is 0.729. The maximum Gasteiger partial charge on any atom is 0.0998 e. The quantitative estimate of drug-likeness (QED) is 0.670. The fourth-order valence-corrected chi connectivity index (χ4v) is 1.49. The molecule has 0 aliphatic carbocycles. The summed E-state index contributed by atoms with van der Waals surface area (Å²) in [6, 6.07) is 7.99. The Morgan fingerprint density at radius 1 is 1.54 bits per heavy atom. The zero-order valence-electron chi connectivity index (χ0n) is 8.09.